The SMILES string of the molecule is CCCCCCCCCCCCCCCC(=O)O.CCO. The van der Waals surface area contributed by atoms with Crippen molar-refractivity contribution in [3.05, 3.63) is 0 Å². The molecule has 2 N–H and O–H groups in total. The number of aliphatic carboxylic acids is 1. The molecule has 0 aliphatic heterocycles. The van der Waals surface area contributed by atoms with E-state index in [1.807, 2.05) is 0 Å². The van der Waals surface area contributed by atoms with Gasteiger partial charge in [0.25, 0.3) is 0 Å². The highest BCUT2D eigenvalue weighted by molar-refractivity contribution is 5.66. The predicted molar refractivity (Wildman–Crippen MR) is 90.7 cm³/mol. The maximum atomic E-state index is 10.3. The average Bonchev–Trinajstić information content (AvgIpc) is 2.44. The predicted octanol–water partition coefficient (Wildman–Crippen LogP) is 5.55. The minimum absolute atomic E-state index is 0.250. The van der Waals surface area contributed by atoms with Crippen molar-refractivity contribution in [2.24, 2.45) is 0 Å². The minimum atomic E-state index is -0.655. The van der Waals surface area contributed by atoms with Crippen molar-refractivity contribution in [2.75, 3.05) is 6.61 Å². The first-order valence-corrected chi connectivity index (χ1v) is 9.01. The molecule has 0 bridgehead atoms. The van der Waals surface area contributed by atoms with E-state index in [4.69, 9.17) is 10.2 Å². The second-order valence-electron chi connectivity index (χ2n) is 5.70. The third kappa shape index (κ3) is 28.3. The average molecular weight is 302 g/mol. The Labute approximate surface area is 132 Å². The van der Waals surface area contributed by atoms with Crippen molar-refractivity contribution >= 4 is 5.97 Å². The molecule has 21 heavy (non-hydrogen) atoms. The van der Waals surface area contributed by atoms with E-state index in [0.29, 0.717) is 6.42 Å². The Kier molecular flexibility index (Phi) is 23.5. The molecule has 0 saturated carbocycles. The van der Waals surface area contributed by atoms with Gasteiger partial charge in [-0.15, -0.1) is 0 Å². The van der Waals surface area contributed by atoms with Crippen LogP contribution < -0.4 is 0 Å². The number of hydrogen-bond donors (Lipinski definition) is 2. The first-order valence-electron chi connectivity index (χ1n) is 9.01. The van der Waals surface area contributed by atoms with Crippen LogP contribution in [0, 0.1) is 0 Å². The smallest absolute Gasteiger partial charge is 0.303 e. The standard InChI is InChI=1S/C16H32O2.C2H6O/c1-2-3-4-5-6-7-8-9-10-11-12-13-14-15-16(17)18;1-2-3/h2-15H2,1H3,(H,17,18);3H,2H2,1H3. The Balaban J connectivity index is 0. The third-order valence-corrected chi connectivity index (χ3v) is 3.49. The molecule has 0 aromatic rings. The zero-order valence-corrected chi connectivity index (χ0v) is 14.4. The highest BCUT2D eigenvalue weighted by atomic mass is 16.4. The molecule has 0 aliphatic rings. The van der Waals surface area contributed by atoms with Crippen molar-refractivity contribution in [1.29, 1.82) is 0 Å². The number of aliphatic hydroxyl groups is 1. The molecule has 0 atom stereocenters. The normalized spacial score (nSPS) is 10.0. The molecule has 0 radical (unpaired) electrons. The molecule has 3 heteroatoms. The van der Waals surface area contributed by atoms with Gasteiger partial charge in [-0.2, -0.15) is 0 Å². The molecule has 0 saturated heterocycles. The number of unbranched alkanes of at least 4 members (excludes halogenated alkanes) is 12. The quantitative estimate of drug-likeness (QED) is 0.413. The highest BCUT2D eigenvalue weighted by Gasteiger charge is 1.96. The summed E-state index contributed by atoms with van der Waals surface area (Å²) in [5, 5.41) is 16.1. The molecular formula is C18H38O3. The fraction of sp³-hybridized carbons (Fsp3) is 0.944. The Morgan fingerprint density at radius 1 is 0.667 bits per heavy atom. The number of hydrogen-bond acceptors (Lipinski definition) is 2. The number of aliphatic hydroxyl groups excluding tert-OH is 1. The lowest BCUT2D eigenvalue weighted by molar-refractivity contribution is -0.137. The van der Waals surface area contributed by atoms with E-state index in [1.165, 1.54) is 70.6 Å². The zero-order valence-electron chi connectivity index (χ0n) is 14.4. The molecule has 0 fully saturated rings. The summed E-state index contributed by atoms with van der Waals surface area (Å²) < 4.78 is 0. The summed E-state index contributed by atoms with van der Waals surface area (Å²) in [6.45, 7) is 4.19. The lowest BCUT2D eigenvalue weighted by atomic mass is 10.0. The van der Waals surface area contributed by atoms with Crippen molar-refractivity contribution in [3.63, 3.8) is 0 Å². The molecule has 0 aromatic heterocycles. The van der Waals surface area contributed by atoms with Gasteiger partial charge in [0.15, 0.2) is 0 Å². The zero-order chi connectivity index (χ0) is 16.2. The first kappa shape index (κ1) is 22.7. The van der Waals surface area contributed by atoms with Crippen LogP contribution in [0.2, 0.25) is 0 Å². The van der Waals surface area contributed by atoms with Gasteiger partial charge in [0.05, 0.1) is 0 Å². The Bertz CT molecular complexity index is 193. The topological polar surface area (TPSA) is 57.5 Å². The molecule has 0 amide bonds. The molecule has 0 aliphatic carbocycles. The van der Waals surface area contributed by atoms with E-state index in [2.05, 4.69) is 6.92 Å². The second kappa shape index (κ2) is 21.7. The van der Waals surface area contributed by atoms with E-state index < -0.39 is 5.97 Å². The molecular weight excluding hydrogens is 264 g/mol. The summed E-state index contributed by atoms with van der Waals surface area (Å²) in [5.74, 6) is -0.655. The van der Waals surface area contributed by atoms with E-state index in [1.54, 1.807) is 6.92 Å². The van der Waals surface area contributed by atoms with E-state index >= 15 is 0 Å². The number of rotatable bonds is 14. The summed E-state index contributed by atoms with van der Waals surface area (Å²) >= 11 is 0. The monoisotopic (exact) mass is 302 g/mol. The van der Waals surface area contributed by atoms with Crippen LogP contribution in [0.1, 0.15) is 104 Å². The maximum absolute atomic E-state index is 10.3. The molecule has 0 unspecified atom stereocenters. The van der Waals surface area contributed by atoms with Crippen LogP contribution in [0.5, 0.6) is 0 Å². The lowest BCUT2D eigenvalue weighted by Gasteiger charge is -2.02. The molecule has 0 aromatic carbocycles. The van der Waals surface area contributed by atoms with E-state index in [-0.39, 0.29) is 6.61 Å². The van der Waals surface area contributed by atoms with Crippen molar-refractivity contribution in [2.45, 2.75) is 104 Å². The molecule has 0 heterocycles. The molecule has 0 spiro atoms. The van der Waals surface area contributed by atoms with Gasteiger partial charge in [-0.1, -0.05) is 84.0 Å². The Morgan fingerprint density at radius 2 is 0.952 bits per heavy atom. The summed E-state index contributed by atoms with van der Waals surface area (Å²) in [6.07, 6.45) is 17.3. The summed E-state index contributed by atoms with van der Waals surface area (Å²) in [4.78, 5) is 10.3. The number of carboxylic acids is 1. The van der Waals surface area contributed by atoms with Crippen molar-refractivity contribution < 1.29 is 15.0 Å². The maximum Gasteiger partial charge on any atom is 0.303 e. The second-order valence-corrected chi connectivity index (χ2v) is 5.70. The minimum Gasteiger partial charge on any atom is -0.481 e. The van der Waals surface area contributed by atoms with Gasteiger partial charge >= 0.3 is 5.97 Å². The largest absolute Gasteiger partial charge is 0.481 e. The van der Waals surface area contributed by atoms with Gasteiger partial charge in [-0.05, 0) is 13.3 Å². The van der Waals surface area contributed by atoms with Crippen LogP contribution in [0.4, 0.5) is 0 Å². The van der Waals surface area contributed by atoms with Crippen molar-refractivity contribution in [1.82, 2.24) is 0 Å². The van der Waals surface area contributed by atoms with Gasteiger partial charge in [0.1, 0.15) is 0 Å². The fourth-order valence-electron chi connectivity index (χ4n) is 2.29. The molecule has 3 nitrogen and oxygen atoms in total. The summed E-state index contributed by atoms with van der Waals surface area (Å²) in [7, 11) is 0. The van der Waals surface area contributed by atoms with Crippen LogP contribution in [0.25, 0.3) is 0 Å². The van der Waals surface area contributed by atoms with Crippen molar-refractivity contribution in [3.8, 4) is 0 Å². The van der Waals surface area contributed by atoms with E-state index in [0.717, 1.165) is 12.8 Å². The van der Waals surface area contributed by atoms with Gasteiger partial charge in [0.2, 0.25) is 0 Å². The fourth-order valence-corrected chi connectivity index (χ4v) is 2.29. The number of carbonyl (C=O) groups is 1. The van der Waals surface area contributed by atoms with Gasteiger partial charge in [0, 0.05) is 13.0 Å². The van der Waals surface area contributed by atoms with Gasteiger partial charge in [-0.25, -0.2) is 0 Å². The summed E-state index contributed by atoms with van der Waals surface area (Å²) in [6, 6.07) is 0. The van der Waals surface area contributed by atoms with Crippen LogP contribution >= 0.6 is 0 Å². The van der Waals surface area contributed by atoms with E-state index in [9.17, 15) is 4.79 Å². The van der Waals surface area contributed by atoms with Gasteiger partial charge < -0.3 is 10.2 Å². The van der Waals surface area contributed by atoms with Crippen LogP contribution in [0.15, 0.2) is 0 Å². The van der Waals surface area contributed by atoms with Gasteiger partial charge in [-0.3, -0.25) is 4.79 Å². The number of carboxylic acid groups (broad SMARTS) is 1. The molecule has 128 valence electrons. The lowest BCUT2D eigenvalue weighted by Crippen LogP contribution is -1.93. The first-order chi connectivity index (χ1) is 10.2. The van der Waals surface area contributed by atoms with Crippen LogP contribution in [0.3, 0.4) is 0 Å². The van der Waals surface area contributed by atoms with Crippen LogP contribution in [-0.2, 0) is 4.79 Å². The highest BCUT2D eigenvalue weighted by Crippen LogP contribution is 2.12. The summed E-state index contributed by atoms with van der Waals surface area (Å²) in [5.41, 5.74) is 0. The Hall–Kier alpha value is -0.570. The van der Waals surface area contributed by atoms with Crippen LogP contribution in [-0.4, -0.2) is 22.8 Å². The third-order valence-electron chi connectivity index (χ3n) is 3.49. The molecule has 0 rings (SSSR count). The Morgan fingerprint density at radius 3 is 1.24 bits per heavy atom.